The van der Waals surface area contributed by atoms with Crippen LogP contribution in [0.2, 0.25) is 0 Å². The molecular formula is C20H30N4O3. The van der Waals surface area contributed by atoms with Gasteiger partial charge in [-0.15, -0.1) is 0 Å². The Morgan fingerprint density at radius 2 is 2.04 bits per heavy atom. The molecule has 0 bridgehead atoms. The molecule has 1 aromatic rings. The highest BCUT2D eigenvalue weighted by Crippen LogP contribution is 2.21. The zero-order valence-electron chi connectivity index (χ0n) is 16.5. The molecule has 0 radical (unpaired) electrons. The summed E-state index contributed by atoms with van der Waals surface area (Å²) in [5, 5.41) is 3.00. The summed E-state index contributed by atoms with van der Waals surface area (Å²) in [6.45, 7) is 5.65. The van der Waals surface area contributed by atoms with Crippen LogP contribution in [0.4, 0.5) is 0 Å². The van der Waals surface area contributed by atoms with E-state index in [-0.39, 0.29) is 36.1 Å². The second-order valence-electron chi connectivity index (χ2n) is 7.03. The average molecular weight is 374 g/mol. The molecule has 27 heavy (non-hydrogen) atoms. The van der Waals surface area contributed by atoms with E-state index in [0.717, 1.165) is 12.8 Å². The quantitative estimate of drug-likeness (QED) is 0.850. The first-order valence-electron chi connectivity index (χ1n) is 9.69. The van der Waals surface area contributed by atoms with E-state index in [2.05, 4.69) is 10.3 Å². The third kappa shape index (κ3) is 5.77. The van der Waals surface area contributed by atoms with Crippen LogP contribution in [0.1, 0.15) is 49.9 Å². The van der Waals surface area contributed by atoms with Crippen molar-refractivity contribution in [1.29, 1.82) is 0 Å². The fourth-order valence-corrected chi connectivity index (χ4v) is 3.49. The standard InChI is InChI=1S/C20H30N4O3/c1-4-24(5-2)20(27)15-8-6-10-17(14-23(3)18(25)12-15)22-19(26)16-9-7-11-21-13-16/h7,9,11,13,15,17H,4-6,8,10,12,14H2,1-3H3,(H,22,26)/t15-,17-/m1/s1. The topological polar surface area (TPSA) is 82.6 Å². The molecule has 0 spiro atoms. The summed E-state index contributed by atoms with van der Waals surface area (Å²) in [4.78, 5) is 45.1. The van der Waals surface area contributed by atoms with Crippen molar-refractivity contribution in [2.24, 2.45) is 5.92 Å². The molecule has 3 amide bonds. The summed E-state index contributed by atoms with van der Waals surface area (Å²) in [7, 11) is 1.73. The van der Waals surface area contributed by atoms with Gasteiger partial charge in [0.2, 0.25) is 11.8 Å². The molecule has 1 aliphatic rings. The maximum atomic E-state index is 12.7. The second kappa shape index (κ2) is 10.0. The molecule has 7 nitrogen and oxygen atoms in total. The predicted molar refractivity (Wildman–Crippen MR) is 103 cm³/mol. The lowest BCUT2D eigenvalue weighted by atomic mass is 9.95. The Labute approximate surface area is 161 Å². The van der Waals surface area contributed by atoms with Gasteiger partial charge in [-0.1, -0.05) is 6.42 Å². The molecule has 0 aromatic carbocycles. The Morgan fingerprint density at radius 3 is 2.67 bits per heavy atom. The number of aromatic nitrogens is 1. The molecule has 148 valence electrons. The van der Waals surface area contributed by atoms with E-state index in [1.807, 2.05) is 13.8 Å². The number of hydrogen-bond donors (Lipinski definition) is 1. The number of hydrogen-bond acceptors (Lipinski definition) is 4. The van der Waals surface area contributed by atoms with Gasteiger partial charge in [0.05, 0.1) is 5.56 Å². The maximum absolute atomic E-state index is 12.7. The predicted octanol–water partition coefficient (Wildman–Crippen LogP) is 1.70. The number of pyridine rings is 1. The van der Waals surface area contributed by atoms with Crippen LogP contribution in [0.15, 0.2) is 24.5 Å². The van der Waals surface area contributed by atoms with Crippen molar-refractivity contribution in [3.63, 3.8) is 0 Å². The Bertz CT molecular complexity index is 646. The minimum atomic E-state index is -0.285. The molecule has 1 aliphatic heterocycles. The Balaban J connectivity index is 2.04. The Hall–Kier alpha value is -2.44. The largest absolute Gasteiger partial charge is 0.347 e. The zero-order chi connectivity index (χ0) is 19.8. The SMILES string of the molecule is CCN(CC)C(=O)[C@@H]1CCC[C@@H](NC(=O)c2cccnc2)CN(C)C(=O)C1. The van der Waals surface area contributed by atoms with Crippen molar-refractivity contribution in [3.05, 3.63) is 30.1 Å². The third-order valence-electron chi connectivity index (χ3n) is 5.13. The molecule has 0 saturated carbocycles. The highest BCUT2D eigenvalue weighted by Gasteiger charge is 2.29. The number of carbonyl (C=O) groups excluding carboxylic acids is 3. The molecule has 7 heteroatoms. The monoisotopic (exact) mass is 374 g/mol. The number of rotatable bonds is 5. The van der Waals surface area contributed by atoms with Gasteiger partial charge in [0.15, 0.2) is 0 Å². The highest BCUT2D eigenvalue weighted by molar-refractivity contribution is 5.94. The molecule has 0 aliphatic carbocycles. The number of nitrogens with zero attached hydrogens (tertiary/aromatic N) is 3. The molecular weight excluding hydrogens is 344 g/mol. The van der Waals surface area contributed by atoms with Gasteiger partial charge < -0.3 is 15.1 Å². The van der Waals surface area contributed by atoms with Crippen LogP contribution < -0.4 is 5.32 Å². The lowest BCUT2D eigenvalue weighted by Gasteiger charge is -2.26. The van der Waals surface area contributed by atoms with E-state index >= 15 is 0 Å². The summed E-state index contributed by atoms with van der Waals surface area (Å²) in [6, 6.07) is 3.29. The number of carbonyl (C=O) groups is 3. The molecule has 1 fully saturated rings. The third-order valence-corrected chi connectivity index (χ3v) is 5.13. The van der Waals surface area contributed by atoms with Gasteiger partial charge >= 0.3 is 0 Å². The normalized spacial score (nSPS) is 21.0. The van der Waals surface area contributed by atoms with Crippen LogP contribution >= 0.6 is 0 Å². The van der Waals surface area contributed by atoms with Crippen molar-refractivity contribution >= 4 is 17.7 Å². The van der Waals surface area contributed by atoms with Gasteiger partial charge in [0, 0.05) is 57.5 Å². The minimum Gasteiger partial charge on any atom is -0.347 e. The summed E-state index contributed by atoms with van der Waals surface area (Å²) in [5.41, 5.74) is 0.501. The van der Waals surface area contributed by atoms with E-state index in [1.165, 1.54) is 6.20 Å². The van der Waals surface area contributed by atoms with E-state index in [1.54, 1.807) is 35.2 Å². The number of amides is 3. The second-order valence-corrected chi connectivity index (χ2v) is 7.03. The molecule has 2 rings (SSSR count). The molecule has 2 heterocycles. The van der Waals surface area contributed by atoms with Crippen LogP contribution in [-0.4, -0.2) is 65.2 Å². The van der Waals surface area contributed by atoms with Crippen molar-refractivity contribution in [1.82, 2.24) is 20.1 Å². The van der Waals surface area contributed by atoms with E-state index in [0.29, 0.717) is 31.6 Å². The van der Waals surface area contributed by atoms with E-state index in [9.17, 15) is 14.4 Å². The summed E-state index contributed by atoms with van der Waals surface area (Å²) < 4.78 is 0. The molecule has 1 aromatic heterocycles. The van der Waals surface area contributed by atoms with E-state index < -0.39 is 0 Å². The zero-order valence-corrected chi connectivity index (χ0v) is 16.5. The van der Waals surface area contributed by atoms with Crippen molar-refractivity contribution in [2.75, 3.05) is 26.7 Å². The minimum absolute atomic E-state index is 0.0527. The maximum Gasteiger partial charge on any atom is 0.253 e. The first-order chi connectivity index (χ1) is 13.0. The number of likely N-dealkylation sites (N-methyl/N-ethyl adjacent to an activating group) is 1. The molecule has 1 N–H and O–H groups in total. The van der Waals surface area contributed by atoms with E-state index in [4.69, 9.17) is 0 Å². The summed E-state index contributed by atoms with van der Waals surface area (Å²) in [6.07, 6.45) is 5.56. The Morgan fingerprint density at radius 1 is 1.30 bits per heavy atom. The smallest absolute Gasteiger partial charge is 0.253 e. The summed E-state index contributed by atoms with van der Waals surface area (Å²) in [5.74, 6) is -0.473. The Kier molecular flexibility index (Phi) is 7.76. The first kappa shape index (κ1) is 20.9. The number of nitrogens with one attached hydrogen (secondary N) is 1. The van der Waals surface area contributed by atoms with Crippen molar-refractivity contribution < 1.29 is 14.4 Å². The lowest BCUT2D eigenvalue weighted by Crippen LogP contribution is -2.44. The van der Waals surface area contributed by atoms with Gasteiger partial charge in [0.25, 0.3) is 5.91 Å². The van der Waals surface area contributed by atoms with Crippen molar-refractivity contribution in [2.45, 2.75) is 45.6 Å². The highest BCUT2D eigenvalue weighted by atomic mass is 16.2. The molecule has 2 atom stereocenters. The first-order valence-corrected chi connectivity index (χ1v) is 9.69. The van der Waals surface area contributed by atoms with Crippen LogP contribution in [0.5, 0.6) is 0 Å². The van der Waals surface area contributed by atoms with Gasteiger partial charge in [0.1, 0.15) is 0 Å². The van der Waals surface area contributed by atoms with Gasteiger partial charge in [-0.25, -0.2) is 0 Å². The van der Waals surface area contributed by atoms with Gasteiger partial charge in [-0.05, 0) is 38.8 Å². The van der Waals surface area contributed by atoms with Crippen LogP contribution in [-0.2, 0) is 9.59 Å². The van der Waals surface area contributed by atoms with Gasteiger partial charge in [-0.3, -0.25) is 19.4 Å². The molecule has 1 saturated heterocycles. The van der Waals surface area contributed by atoms with Crippen LogP contribution in [0, 0.1) is 5.92 Å². The lowest BCUT2D eigenvalue weighted by molar-refractivity contribution is -0.140. The average Bonchev–Trinajstić information content (AvgIpc) is 2.74. The van der Waals surface area contributed by atoms with Crippen molar-refractivity contribution in [3.8, 4) is 0 Å². The van der Waals surface area contributed by atoms with Gasteiger partial charge in [-0.2, -0.15) is 0 Å². The molecule has 0 unspecified atom stereocenters. The van der Waals surface area contributed by atoms with Crippen LogP contribution in [0.3, 0.4) is 0 Å². The van der Waals surface area contributed by atoms with Crippen LogP contribution in [0.25, 0.3) is 0 Å². The fraction of sp³-hybridized carbons (Fsp3) is 0.600. The summed E-state index contributed by atoms with van der Waals surface area (Å²) >= 11 is 0. The fourth-order valence-electron chi connectivity index (χ4n) is 3.49.